The first-order valence-corrected chi connectivity index (χ1v) is 19.2. The number of thioether (sulfide) groups is 2. The van der Waals surface area contributed by atoms with Gasteiger partial charge in [-0.15, -0.1) is 23.5 Å². The van der Waals surface area contributed by atoms with Crippen LogP contribution in [-0.4, -0.2) is 20.7 Å². The third-order valence-corrected chi connectivity index (χ3v) is 13.8. The van der Waals surface area contributed by atoms with Gasteiger partial charge in [-0.2, -0.15) is 0 Å². The summed E-state index contributed by atoms with van der Waals surface area (Å²) >= 11 is 3.65. The fraction of sp³-hybridized carbons (Fsp3) is 0.455. The summed E-state index contributed by atoms with van der Waals surface area (Å²) in [6.45, 7) is 18.4. The molecule has 2 saturated carbocycles. The molecule has 4 aromatic rings. The standard InChI is InChI=1S/2C22H28OS/c2*1-20(2)15-21(3,4)19(24-18-13-9-6-10-14-18)22(23,16-20)17-11-7-5-8-12-17/h2*5-14,19,23H,15-16H2,1-4H3/t2*19-,22-/m11/s1. The first kappa shape index (κ1) is 36.8. The SMILES string of the molecule is CC1(C)CC(C)(C)[C@@H](Sc2ccccc2)[C@](O)(c2ccccc2)C1.CC1(C)CC(C)(C)[C@@H](Sc2ccccc2)[C@](O)(c2ccccc2)C1. The molecule has 0 radical (unpaired) electrons. The zero-order valence-corrected chi connectivity index (χ0v) is 31.9. The van der Waals surface area contributed by atoms with Crippen molar-refractivity contribution in [3.05, 3.63) is 132 Å². The fourth-order valence-corrected chi connectivity index (χ4v) is 12.3. The second-order valence-electron chi connectivity index (χ2n) is 17.2. The van der Waals surface area contributed by atoms with Gasteiger partial charge < -0.3 is 10.2 Å². The molecule has 0 unspecified atom stereocenters. The maximum absolute atomic E-state index is 11.9. The number of benzene rings is 4. The van der Waals surface area contributed by atoms with E-state index >= 15 is 0 Å². The summed E-state index contributed by atoms with van der Waals surface area (Å²) in [5, 5.41) is 24.1. The average Bonchev–Trinajstić information content (AvgIpc) is 3.02. The highest BCUT2D eigenvalue weighted by molar-refractivity contribution is 8.00. The molecule has 4 heteroatoms. The molecule has 4 aromatic carbocycles. The molecular weight excluding hydrogens is 625 g/mol. The molecule has 6 rings (SSSR count). The largest absolute Gasteiger partial charge is 0.384 e. The Morgan fingerprint density at radius 1 is 0.417 bits per heavy atom. The van der Waals surface area contributed by atoms with E-state index in [2.05, 4.69) is 128 Å². The van der Waals surface area contributed by atoms with Crippen LogP contribution in [0.2, 0.25) is 0 Å². The molecular formula is C44H56O2S2. The molecule has 0 aromatic heterocycles. The van der Waals surface area contributed by atoms with Crippen LogP contribution in [0.15, 0.2) is 131 Å². The maximum Gasteiger partial charge on any atom is 0.103 e. The van der Waals surface area contributed by atoms with Gasteiger partial charge in [-0.05, 0) is 82.7 Å². The summed E-state index contributed by atoms with van der Waals surface area (Å²) < 4.78 is 0. The highest BCUT2D eigenvalue weighted by atomic mass is 32.2. The van der Waals surface area contributed by atoms with E-state index in [1.165, 1.54) is 9.79 Å². The van der Waals surface area contributed by atoms with Crippen LogP contribution < -0.4 is 0 Å². The Kier molecular flexibility index (Phi) is 10.7. The maximum atomic E-state index is 11.9. The van der Waals surface area contributed by atoms with Crippen LogP contribution in [0.3, 0.4) is 0 Å². The van der Waals surface area contributed by atoms with Crippen molar-refractivity contribution >= 4 is 23.5 Å². The van der Waals surface area contributed by atoms with Gasteiger partial charge in [0.25, 0.3) is 0 Å². The normalized spacial score (nSPS) is 28.5. The van der Waals surface area contributed by atoms with Crippen molar-refractivity contribution in [3.63, 3.8) is 0 Å². The highest BCUT2D eigenvalue weighted by Gasteiger charge is 2.56. The van der Waals surface area contributed by atoms with E-state index in [9.17, 15) is 10.2 Å². The summed E-state index contributed by atoms with van der Waals surface area (Å²) in [6.07, 6.45) is 3.80. The van der Waals surface area contributed by atoms with Crippen LogP contribution in [0.4, 0.5) is 0 Å². The Hall–Kier alpha value is -2.50. The molecule has 2 aliphatic rings. The van der Waals surface area contributed by atoms with E-state index < -0.39 is 11.2 Å². The Morgan fingerprint density at radius 2 is 0.688 bits per heavy atom. The van der Waals surface area contributed by atoms with E-state index in [1.807, 2.05) is 72.1 Å². The van der Waals surface area contributed by atoms with E-state index in [4.69, 9.17) is 0 Å². The highest BCUT2D eigenvalue weighted by Crippen LogP contribution is 2.60. The van der Waals surface area contributed by atoms with Crippen molar-refractivity contribution in [1.82, 2.24) is 0 Å². The molecule has 0 amide bonds. The van der Waals surface area contributed by atoms with E-state index in [1.54, 1.807) is 0 Å². The van der Waals surface area contributed by atoms with Gasteiger partial charge in [0.05, 0.1) is 0 Å². The van der Waals surface area contributed by atoms with Gasteiger partial charge in [0.15, 0.2) is 0 Å². The summed E-state index contributed by atoms with van der Waals surface area (Å²) in [4.78, 5) is 2.45. The summed E-state index contributed by atoms with van der Waals surface area (Å²) in [5.74, 6) is 0. The Bertz CT molecular complexity index is 1480. The Morgan fingerprint density at radius 3 is 0.979 bits per heavy atom. The Labute approximate surface area is 299 Å². The first-order chi connectivity index (χ1) is 22.5. The van der Waals surface area contributed by atoms with Gasteiger partial charge in [-0.1, -0.05) is 152 Å². The van der Waals surface area contributed by atoms with E-state index in [0.717, 1.165) is 36.8 Å². The van der Waals surface area contributed by atoms with Crippen LogP contribution in [-0.2, 0) is 11.2 Å². The first-order valence-electron chi connectivity index (χ1n) is 17.5. The van der Waals surface area contributed by atoms with Gasteiger partial charge in [-0.3, -0.25) is 0 Å². The monoisotopic (exact) mass is 680 g/mol. The minimum absolute atomic E-state index is 0.0346. The molecule has 0 saturated heterocycles. The van der Waals surface area contributed by atoms with E-state index in [-0.39, 0.29) is 32.2 Å². The van der Waals surface area contributed by atoms with Gasteiger partial charge in [0.1, 0.15) is 11.2 Å². The minimum Gasteiger partial charge on any atom is -0.384 e. The third kappa shape index (κ3) is 8.27. The van der Waals surface area contributed by atoms with Crippen molar-refractivity contribution in [2.24, 2.45) is 21.7 Å². The zero-order chi connectivity index (χ0) is 34.8. The molecule has 2 aliphatic carbocycles. The van der Waals surface area contributed by atoms with Crippen molar-refractivity contribution in [3.8, 4) is 0 Å². The predicted molar refractivity (Wildman–Crippen MR) is 206 cm³/mol. The van der Waals surface area contributed by atoms with Gasteiger partial charge >= 0.3 is 0 Å². The zero-order valence-electron chi connectivity index (χ0n) is 30.2. The summed E-state index contributed by atoms with van der Waals surface area (Å²) in [7, 11) is 0. The second kappa shape index (κ2) is 14.0. The topological polar surface area (TPSA) is 40.5 Å². The molecule has 0 spiro atoms. The fourth-order valence-electron chi connectivity index (χ4n) is 9.46. The number of rotatable bonds is 6. The second-order valence-corrected chi connectivity index (χ2v) is 19.6. The van der Waals surface area contributed by atoms with Gasteiger partial charge in [0, 0.05) is 20.3 Å². The molecule has 2 nitrogen and oxygen atoms in total. The van der Waals surface area contributed by atoms with Crippen molar-refractivity contribution < 1.29 is 10.2 Å². The van der Waals surface area contributed by atoms with Crippen LogP contribution >= 0.6 is 23.5 Å². The molecule has 48 heavy (non-hydrogen) atoms. The number of aliphatic hydroxyl groups is 2. The quantitative estimate of drug-likeness (QED) is 0.213. The van der Waals surface area contributed by atoms with Crippen LogP contribution in [0.25, 0.3) is 0 Å². The van der Waals surface area contributed by atoms with Crippen LogP contribution in [0.1, 0.15) is 92.2 Å². The summed E-state index contributed by atoms with van der Waals surface area (Å²) in [5.41, 5.74) is 0.724. The number of hydrogen-bond donors (Lipinski definition) is 2. The summed E-state index contributed by atoms with van der Waals surface area (Å²) in [6, 6.07) is 41.5. The lowest BCUT2D eigenvalue weighted by atomic mass is 9.57. The average molecular weight is 681 g/mol. The molecule has 2 N–H and O–H groups in total. The van der Waals surface area contributed by atoms with Gasteiger partial charge in [0.2, 0.25) is 0 Å². The molecule has 4 atom stereocenters. The third-order valence-electron chi connectivity index (χ3n) is 10.2. The minimum atomic E-state index is -0.826. The lowest BCUT2D eigenvalue weighted by molar-refractivity contribution is -0.0840. The molecule has 0 bridgehead atoms. The van der Waals surface area contributed by atoms with Crippen LogP contribution in [0, 0.1) is 21.7 Å². The molecule has 256 valence electrons. The predicted octanol–water partition coefficient (Wildman–Crippen LogP) is 11.8. The van der Waals surface area contributed by atoms with Crippen molar-refractivity contribution in [2.75, 3.05) is 0 Å². The van der Waals surface area contributed by atoms with Crippen LogP contribution in [0.5, 0.6) is 0 Å². The Balaban J connectivity index is 0.000000188. The molecule has 2 fully saturated rings. The molecule has 0 aliphatic heterocycles. The number of hydrogen-bond acceptors (Lipinski definition) is 4. The lowest BCUT2D eigenvalue weighted by Crippen LogP contribution is -2.54. The van der Waals surface area contributed by atoms with Crippen molar-refractivity contribution in [1.29, 1.82) is 0 Å². The smallest absolute Gasteiger partial charge is 0.103 e. The van der Waals surface area contributed by atoms with E-state index in [0.29, 0.717) is 0 Å². The lowest BCUT2D eigenvalue weighted by Gasteiger charge is -2.55. The van der Waals surface area contributed by atoms with Gasteiger partial charge in [-0.25, -0.2) is 0 Å². The molecule has 0 heterocycles. The van der Waals surface area contributed by atoms with Crippen molar-refractivity contribution in [2.45, 2.75) is 113 Å².